The molecule has 0 aliphatic carbocycles. The first-order valence-electron chi connectivity index (χ1n) is 6.40. The van der Waals surface area contributed by atoms with Crippen molar-refractivity contribution in [2.75, 3.05) is 5.32 Å². The fourth-order valence-corrected chi connectivity index (χ4v) is 2.38. The maximum atomic E-state index is 4.38. The Labute approximate surface area is 126 Å². The fourth-order valence-electron chi connectivity index (χ4n) is 1.98. The Morgan fingerprint density at radius 3 is 2.70 bits per heavy atom. The molecule has 0 aliphatic rings. The normalized spacial score (nSPS) is 10.4. The summed E-state index contributed by atoms with van der Waals surface area (Å²) in [6.45, 7) is 0.753. The van der Waals surface area contributed by atoms with Crippen molar-refractivity contribution in [3.63, 3.8) is 0 Å². The minimum atomic E-state index is 0.753. The Hall–Kier alpha value is -2.07. The summed E-state index contributed by atoms with van der Waals surface area (Å²) in [5, 5.41) is 7.77. The van der Waals surface area contributed by atoms with Gasteiger partial charge in [0.2, 0.25) is 0 Å². The van der Waals surface area contributed by atoms with Crippen molar-refractivity contribution in [1.29, 1.82) is 0 Å². The third kappa shape index (κ3) is 3.08. The van der Waals surface area contributed by atoms with E-state index < -0.39 is 0 Å². The second-order valence-corrected chi connectivity index (χ2v) is 5.41. The molecule has 0 saturated carbocycles. The van der Waals surface area contributed by atoms with E-state index in [0.29, 0.717) is 0 Å². The lowest BCUT2D eigenvalue weighted by Gasteiger charge is -2.04. The number of nitrogens with one attached hydrogen (secondary N) is 1. The predicted molar refractivity (Wildman–Crippen MR) is 85.0 cm³/mol. The molecule has 0 amide bonds. The van der Waals surface area contributed by atoms with Crippen molar-refractivity contribution in [3.8, 4) is 5.69 Å². The van der Waals surface area contributed by atoms with E-state index in [9.17, 15) is 0 Å². The highest BCUT2D eigenvalue weighted by molar-refractivity contribution is 9.10. The summed E-state index contributed by atoms with van der Waals surface area (Å²) in [4.78, 5) is 0. The van der Waals surface area contributed by atoms with Crippen molar-refractivity contribution in [2.45, 2.75) is 6.54 Å². The second kappa shape index (κ2) is 5.92. The van der Waals surface area contributed by atoms with Crippen LogP contribution in [0.2, 0.25) is 0 Å². The summed E-state index contributed by atoms with van der Waals surface area (Å²) in [7, 11) is 0. The largest absolute Gasteiger partial charge is 0.381 e. The average Bonchev–Trinajstić information content (AvgIpc) is 2.95. The number of benzene rings is 2. The van der Waals surface area contributed by atoms with E-state index in [4.69, 9.17) is 0 Å². The molecule has 100 valence electrons. The topological polar surface area (TPSA) is 29.9 Å². The Bertz CT molecular complexity index is 692. The van der Waals surface area contributed by atoms with Gasteiger partial charge in [0, 0.05) is 28.5 Å². The molecule has 1 heterocycles. The summed E-state index contributed by atoms with van der Waals surface area (Å²) in [5.41, 5.74) is 3.31. The standard InChI is InChI=1S/C16H14BrN3/c17-14-5-4-6-15(9-14)18-10-13-11-19-20(12-13)16-7-2-1-3-8-16/h1-9,11-12,18H,10H2. The van der Waals surface area contributed by atoms with Crippen LogP contribution in [-0.2, 0) is 6.54 Å². The van der Waals surface area contributed by atoms with E-state index in [1.807, 2.05) is 65.6 Å². The maximum Gasteiger partial charge on any atom is 0.0645 e. The van der Waals surface area contributed by atoms with E-state index in [-0.39, 0.29) is 0 Å². The molecule has 0 spiro atoms. The molecule has 0 unspecified atom stereocenters. The lowest BCUT2D eigenvalue weighted by atomic mass is 10.3. The van der Waals surface area contributed by atoms with Crippen LogP contribution >= 0.6 is 15.9 Å². The Kier molecular flexibility index (Phi) is 3.83. The van der Waals surface area contributed by atoms with Crippen molar-refractivity contribution in [2.24, 2.45) is 0 Å². The van der Waals surface area contributed by atoms with Crippen LogP contribution in [0.25, 0.3) is 5.69 Å². The van der Waals surface area contributed by atoms with Gasteiger partial charge in [0.05, 0.1) is 11.9 Å². The number of nitrogens with zero attached hydrogens (tertiary/aromatic N) is 2. The van der Waals surface area contributed by atoms with Crippen molar-refractivity contribution >= 4 is 21.6 Å². The monoisotopic (exact) mass is 327 g/mol. The molecule has 0 saturated heterocycles. The zero-order chi connectivity index (χ0) is 13.8. The first-order valence-corrected chi connectivity index (χ1v) is 7.19. The molecule has 1 aromatic heterocycles. The van der Waals surface area contributed by atoms with Gasteiger partial charge in [-0.05, 0) is 30.3 Å². The summed E-state index contributed by atoms with van der Waals surface area (Å²) >= 11 is 3.47. The quantitative estimate of drug-likeness (QED) is 0.776. The van der Waals surface area contributed by atoms with Gasteiger partial charge >= 0.3 is 0 Å². The number of aromatic nitrogens is 2. The lowest BCUT2D eigenvalue weighted by Crippen LogP contribution is -1.98. The summed E-state index contributed by atoms with van der Waals surface area (Å²) in [6.07, 6.45) is 3.93. The van der Waals surface area contributed by atoms with Gasteiger partial charge in [-0.1, -0.05) is 40.2 Å². The third-order valence-corrected chi connectivity index (χ3v) is 3.47. The zero-order valence-corrected chi connectivity index (χ0v) is 12.4. The van der Waals surface area contributed by atoms with E-state index in [1.54, 1.807) is 0 Å². The fraction of sp³-hybridized carbons (Fsp3) is 0.0625. The molecule has 3 aromatic rings. The number of anilines is 1. The molecular weight excluding hydrogens is 314 g/mol. The van der Waals surface area contributed by atoms with Crippen LogP contribution in [0.1, 0.15) is 5.56 Å². The number of para-hydroxylation sites is 1. The van der Waals surface area contributed by atoms with Gasteiger partial charge in [0.25, 0.3) is 0 Å². The van der Waals surface area contributed by atoms with E-state index in [0.717, 1.165) is 28.0 Å². The number of rotatable bonds is 4. The molecule has 20 heavy (non-hydrogen) atoms. The van der Waals surface area contributed by atoms with Crippen LogP contribution < -0.4 is 5.32 Å². The van der Waals surface area contributed by atoms with Gasteiger partial charge in [0.1, 0.15) is 0 Å². The zero-order valence-electron chi connectivity index (χ0n) is 10.8. The lowest BCUT2D eigenvalue weighted by molar-refractivity contribution is 0.880. The molecule has 0 aliphatic heterocycles. The molecule has 4 heteroatoms. The van der Waals surface area contributed by atoms with Crippen LogP contribution in [0.3, 0.4) is 0 Å². The number of hydrogen-bond acceptors (Lipinski definition) is 2. The molecule has 0 radical (unpaired) electrons. The van der Waals surface area contributed by atoms with Crippen LogP contribution in [0.4, 0.5) is 5.69 Å². The molecule has 2 aromatic carbocycles. The average molecular weight is 328 g/mol. The van der Waals surface area contributed by atoms with E-state index in [1.165, 1.54) is 0 Å². The molecule has 0 atom stereocenters. The van der Waals surface area contributed by atoms with Crippen LogP contribution in [-0.4, -0.2) is 9.78 Å². The second-order valence-electron chi connectivity index (χ2n) is 4.49. The van der Waals surface area contributed by atoms with Gasteiger partial charge in [-0.3, -0.25) is 0 Å². The van der Waals surface area contributed by atoms with Crippen LogP contribution in [0, 0.1) is 0 Å². The van der Waals surface area contributed by atoms with Crippen LogP contribution in [0.15, 0.2) is 71.5 Å². The molecule has 3 nitrogen and oxygen atoms in total. The first-order chi connectivity index (χ1) is 9.81. The highest BCUT2D eigenvalue weighted by Gasteiger charge is 2.00. The van der Waals surface area contributed by atoms with Crippen molar-refractivity contribution in [3.05, 3.63) is 77.0 Å². The SMILES string of the molecule is Brc1cccc(NCc2cnn(-c3ccccc3)c2)c1. The molecular formula is C16H14BrN3. The summed E-state index contributed by atoms with van der Waals surface area (Å²) in [5.74, 6) is 0. The molecule has 1 N–H and O–H groups in total. The minimum absolute atomic E-state index is 0.753. The van der Waals surface area contributed by atoms with Gasteiger partial charge in [-0.15, -0.1) is 0 Å². The third-order valence-electron chi connectivity index (χ3n) is 2.98. The van der Waals surface area contributed by atoms with Gasteiger partial charge in [-0.2, -0.15) is 5.10 Å². The smallest absolute Gasteiger partial charge is 0.0645 e. The predicted octanol–water partition coefficient (Wildman–Crippen LogP) is 4.25. The molecule has 0 bridgehead atoms. The minimum Gasteiger partial charge on any atom is -0.381 e. The number of hydrogen-bond donors (Lipinski definition) is 1. The van der Waals surface area contributed by atoms with Gasteiger partial charge < -0.3 is 5.32 Å². The Morgan fingerprint density at radius 2 is 1.90 bits per heavy atom. The van der Waals surface area contributed by atoms with E-state index >= 15 is 0 Å². The van der Waals surface area contributed by atoms with E-state index in [2.05, 4.69) is 32.4 Å². The van der Waals surface area contributed by atoms with Gasteiger partial charge in [-0.25, -0.2) is 4.68 Å². The Morgan fingerprint density at radius 1 is 1.05 bits per heavy atom. The molecule has 0 fully saturated rings. The maximum absolute atomic E-state index is 4.38. The summed E-state index contributed by atoms with van der Waals surface area (Å²) < 4.78 is 2.96. The van der Waals surface area contributed by atoms with Crippen LogP contribution in [0.5, 0.6) is 0 Å². The highest BCUT2D eigenvalue weighted by atomic mass is 79.9. The Balaban J connectivity index is 1.69. The molecule has 3 rings (SSSR count). The first kappa shape index (κ1) is 12.9. The van der Waals surface area contributed by atoms with Gasteiger partial charge in [0.15, 0.2) is 0 Å². The summed E-state index contributed by atoms with van der Waals surface area (Å²) in [6, 6.07) is 18.2. The van der Waals surface area contributed by atoms with Crippen molar-refractivity contribution < 1.29 is 0 Å². The van der Waals surface area contributed by atoms with Crippen molar-refractivity contribution in [1.82, 2.24) is 9.78 Å². The number of halogens is 1. The highest BCUT2D eigenvalue weighted by Crippen LogP contribution is 2.16.